The van der Waals surface area contributed by atoms with Crippen LogP contribution in [0.25, 0.3) is 0 Å². The Balaban J connectivity index is 1.75. The van der Waals surface area contributed by atoms with E-state index < -0.39 is 0 Å². The lowest BCUT2D eigenvalue weighted by atomic mass is 9.94. The van der Waals surface area contributed by atoms with Gasteiger partial charge in [0.1, 0.15) is 5.75 Å². The highest BCUT2D eigenvalue weighted by Crippen LogP contribution is 2.25. The van der Waals surface area contributed by atoms with Gasteiger partial charge in [0.15, 0.2) is 0 Å². The minimum atomic E-state index is 0.573. The Hall–Kier alpha value is -1.87. The van der Waals surface area contributed by atoms with Crippen LogP contribution in [0.4, 0.5) is 0 Å². The predicted octanol–water partition coefficient (Wildman–Crippen LogP) is 3.49. The van der Waals surface area contributed by atoms with Gasteiger partial charge in [-0.25, -0.2) is 0 Å². The summed E-state index contributed by atoms with van der Waals surface area (Å²) in [7, 11) is 3.91. The van der Waals surface area contributed by atoms with Gasteiger partial charge in [0.05, 0.1) is 7.11 Å². The maximum atomic E-state index is 5.30. The van der Waals surface area contributed by atoms with Gasteiger partial charge in [-0.15, -0.1) is 0 Å². The smallest absolute Gasteiger partial charge is 0.119 e. The molecule has 1 aliphatic rings. The summed E-state index contributed by atoms with van der Waals surface area (Å²) in [4.78, 5) is 7.32. The number of methoxy groups -OCH3 is 1. The average molecular weight is 296 g/mol. The Morgan fingerprint density at radius 2 is 2.09 bits per heavy atom. The molecule has 2 aromatic rings. The molecule has 0 amide bonds. The first-order chi connectivity index (χ1) is 10.7. The Bertz CT molecular complexity index is 626. The monoisotopic (exact) mass is 296 g/mol. The van der Waals surface area contributed by atoms with E-state index in [1.54, 1.807) is 7.11 Å². The molecule has 1 aliphatic heterocycles. The highest BCUT2D eigenvalue weighted by Gasteiger charge is 2.20. The van der Waals surface area contributed by atoms with Crippen molar-refractivity contribution in [1.82, 2.24) is 9.88 Å². The first-order valence-corrected chi connectivity index (χ1v) is 8.02. The van der Waals surface area contributed by atoms with Gasteiger partial charge in [-0.05, 0) is 56.3 Å². The number of rotatable bonds is 4. The zero-order chi connectivity index (χ0) is 15.4. The Kier molecular flexibility index (Phi) is 4.74. The number of nitrogens with zero attached hydrogens (tertiary/aromatic N) is 2. The van der Waals surface area contributed by atoms with Crippen molar-refractivity contribution in [1.29, 1.82) is 0 Å². The molecule has 1 aromatic heterocycles. The van der Waals surface area contributed by atoms with Crippen molar-refractivity contribution < 1.29 is 4.74 Å². The molecule has 0 aliphatic carbocycles. The van der Waals surface area contributed by atoms with E-state index in [1.165, 1.54) is 30.6 Å². The summed E-state index contributed by atoms with van der Waals surface area (Å²) in [5.41, 5.74) is 3.62. The molecule has 1 unspecified atom stereocenters. The lowest BCUT2D eigenvalue weighted by Crippen LogP contribution is -2.31. The van der Waals surface area contributed by atoms with Gasteiger partial charge in [0.25, 0.3) is 0 Å². The standard InChI is InChI=1S/C19H24N2O/c1-21-11-5-7-16(14-21)19-10-4-8-17(20-19)12-15-6-3-9-18(13-15)22-2/h3-4,6,8-10,13,16H,5,7,11-12,14H2,1-2H3. The van der Waals surface area contributed by atoms with Gasteiger partial charge in [-0.2, -0.15) is 0 Å². The minimum absolute atomic E-state index is 0.573. The van der Waals surface area contributed by atoms with E-state index in [0.29, 0.717) is 5.92 Å². The molecule has 1 saturated heterocycles. The quantitative estimate of drug-likeness (QED) is 0.863. The van der Waals surface area contributed by atoms with Crippen molar-refractivity contribution in [2.24, 2.45) is 0 Å². The van der Waals surface area contributed by atoms with Crippen LogP contribution in [0.2, 0.25) is 0 Å². The van der Waals surface area contributed by atoms with Crippen molar-refractivity contribution in [2.75, 3.05) is 27.2 Å². The molecule has 2 heterocycles. The van der Waals surface area contributed by atoms with Gasteiger partial charge >= 0.3 is 0 Å². The van der Waals surface area contributed by atoms with E-state index in [-0.39, 0.29) is 0 Å². The number of hydrogen-bond acceptors (Lipinski definition) is 3. The highest BCUT2D eigenvalue weighted by molar-refractivity contribution is 5.31. The van der Waals surface area contributed by atoms with Crippen LogP contribution >= 0.6 is 0 Å². The third kappa shape index (κ3) is 3.66. The zero-order valence-electron chi connectivity index (χ0n) is 13.5. The second kappa shape index (κ2) is 6.93. The van der Waals surface area contributed by atoms with E-state index >= 15 is 0 Å². The van der Waals surface area contributed by atoms with Gasteiger partial charge in [0, 0.05) is 30.3 Å². The third-order valence-electron chi connectivity index (χ3n) is 4.39. The molecule has 116 valence electrons. The SMILES string of the molecule is COc1cccc(Cc2cccc(C3CCCN(C)C3)n2)c1. The Morgan fingerprint density at radius 1 is 1.23 bits per heavy atom. The lowest BCUT2D eigenvalue weighted by molar-refractivity contribution is 0.248. The van der Waals surface area contributed by atoms with E-state index in [1.807, 2.05) is 12.1 Å². The van der Waals surface area contributed by atoms with Crippen LogP contribution in [-0.4, -0.2) is 37.1 Å². The van der Waals surface area contributed by atoms with Gasteiger partial charge in [-0.3, -0.25) is 4.98 Å². The molecule has 3 rings (SSSR count). The molecular formula is C19H24N2O. The number of piperidine rings is 1. The predicted molar refractivity (Wildman–Crippen MR) is 89.5 cm³/mol. The van der Waals surface area contributed by atoms with Crippen LogP contribution < -0.4 is 4.74 Å². The first kappa shape index (κ1) is 15.0. The summed E-state index contributed by atoms with van der Waals surface area (Å²) in [6.45, 7) is 2.33. The van der Waals surface area contributed by atoms with E-state index in [4.69, 9.17) is 9.72 Å². The van der Waals surface area contributed by atoms with Crippen LogP contribution in [0.3, 0.4) is 0 Å². The maximum Gasteiger partial charge on any atom is 0.119 e. The number of likely N-dealkylation sites (tertiary alicyclic amines) is 1. The molecule has 0 saturated carbocycles. The molecule has 0 N–H and O–H groups in total. The number of aromatic nitrogens is 1. The molecule has 0 bridgehead atoms. The van der Waals surface area contributed by atoms with E-state index in [9.17, 15) is 0 Å². The number of benzene rings is 1. The number of likely N-dealkylation sites (N-methyl/N-ethyl adjacent to an activating group) is 1. The fourth-order valence-corrected chi connectivity index (χ4v) is 3.22. The number of hydrogen-bond donors (Lipinski definition) is 0. The first-order valence-electron chi connectivity index (χ1n) is 8.02. The molecule has 22 heavy (non-hydrogen) atoms. The molecule has 0 radical (unpaired) electrons. The molecule has 1 atom stereocenters. The van der Waals surface area contributed by atoms with Crippen molar-refractivity contribution in [2.45, 2.75) is 25.2 Å². The molecule has 3 heteroatoms. The lowest BCUT2D eigenvalue weighted by Gasteiger charge is -2.29. The zero-order valence-corrected chi connectivity index (χ0v) is 13.5. The van der Waals surface area contributed by atoms with Gasteiger partial charge in [-0.1, -0.05) is 18.2 Å². The van der Waals surface area contributed by atoms with Crippen LogP contribution in [0.15, 0.2) is 42.5 Å². The van der Waals surface area contributed by atoms with Crippen LogP contribution in [0.5, 0.6) is 5.75 Å². The summed E-state index contributed by atoms with van der Waals surface area (Å²) >= 11 is 0. The van der Waals surface area contributed by atoms with Crippen molar-refractivity contribution in [3.63, 3.8) is 0 Å². The second-order valence-electron chi connectivity index (χ2n) is 6.18. The summed E-state index contributed by atoms with van der Waals surface area (Å²) in [5, 5.41) is 0. The Labute approximate surface area is 132 Å². The minimum Gasteiger partial charge on any atom is -0.497 e. The average Bonchev–Trinajstić information content (AvgIpc) is 2.55. The Morgan fingerprint density at radius 3 is 2.91 bits per heavy atom. The van der Waals surface area contributed by atoms with E-state index in [0.717, 1.165) is 24.4 Å². The fourth-order valence-electron chi connectivity index (χ4n) is 3.22. The van der Waals surface area contributed by atoms with E-state index in [2.05, 4.69) is 42.3 Å². The molecular weight excluding hydrogens is 272 g/mol. The molecule has 3 nitrogen and oxygen atoms in total. The van der Waals surface area contributed by atoms with Crippen molar-refractivity contribution >= 4 is 0 Å². The van der Waals surface area contributed by atoms with Crippen LogP contribution in [-0.2, 0) is 6.42 Å². The highest BCUT2D eigenvalue weighted by atomic mass is 16.5. The van der Waals surface area contributed by atoms with Crippen molar-refractivity contribution in [3.8, 4) is 5.75 Å². The maximum absolute atomic E-state index is 5.30. The van der Waals surface area contributed by atoms with Crippen LogP contribution in [0, 0.1) is 0 Å². The summed E-state index contributed by atoms with van der Waals surface area (Å²) in [6.07, 6.45) is 3.37. The molecule has 0 spiro atoms. The number of ether oxygens (including phenoxy) is 1. The van der Waals surface area contributed by atoms with Gasteiger partial charge in [0.2, 0.25) is 0 Å². The van der Waals surface area contributed by atoms with Gasteiger partial charge < -0.3 is 9.64 Å². The summed E-state index contributed by atoms with van der Waals surface area (Å²) in [6, 6.07) is 14.7. The summed E-state index contributed by atoms with van der Waals surface area (Å²) < 4.78 is 5.30. The molecule has 1 fully saturated rings. The normalized spacial score (nSPS) is 19.1. The number of pyridine rings is 1. The van der Waals surface area contributed by atoms with Crippen molar-refractivity contribution in [3.05, 3.63) is 59.4 Å². The third-order valence-corrected chi connectivity index (χ3v) is 4.39. The fraction of sp³-hybridized carbons (Fsp3) is 0.421. The largest absolute Gasteiger partial charge is 0.497 e. The topological polar surface area (TPSA) is 25.4 Å². The van der Waals surface area contributed by atoms with Crippen LogP contribution in [0.1, 0.15) is 35.7 Å². The summed E-state index contributed by atoms with van der Waals surface area (Å²) in [5.74, 6) is 1.48. The second-order valence-corrected chi connectivity index (χ2v) is 6.18. The molecule has 1 aromatic carbocycles.